The van der Waals surface area contributed by atoms with Crippen LogP contribution in [-0.4, -0.2) is 12.2 Å². The van der Waals surface area contributed by atoms with Crippen LogP contribution in [0.4, 0.5) is 27.1 Å². The molecule has 0 saturated heterocycles. The van der Waals surface area contributed by atoms with Gasteiger partial charge in [0.25, 0.3) is 0 Å². The first kappa shape index (κ1) is 23.1. The van der Waals surface area contributed by atoms with Crippen LogP contribution >= 0.6 is 11.6 Å². The number of hydrogen-bond acceptors (Lipinski definition) is 3. The summed E-state index contributed by atoms with van der Waals surface area (Å²) in [5, 5.41) is 13.8. The molecule has 2 N–H and O–H groups in total. The molecule has 4 rings (SSSR count). The number of aliphatic hydroxyl groups is 1. The first-order chi connectivity index (χ1) is 16.3. The molecule has 0 aliphatic heterocycles. The molecule has 5 heteroatoms. The molecule has 4 aromatic carbocycles. The van der Waals surface area contributed by atoms with Gasteiger partial charge in [-0.15, -0.1) is 0 Å². The van der Waals surface area contributed by atoms with E-state index in [-0.39, 0.29) is 11.6 Å². The molecule has 0 aliphatic carbocycles. The third-order valence-electron chi connectivity index (χ3n) is 5.58. The van der Waals surface area contributed by atoms with E-state index in [1.807, 2.05) is 67.7 Å². The number of aliphatic hydroxyl groups excluding tert-OH is 1. The smallest absolute Gasteiger partial charge is 0.146 e. The molecular weight excluding hydrogens is 447 g/mol. The highest BCUT2D eigenvalue weighted by Crippen LogP contribution is 2.31. The van der Waals surface area contributed by atoms with Gasteiger partial charge in [-0.05, 0) is 83.4 Å². The van der Waals surface area contributed by atoms with Crippen molar-refractivity contribution >= 4 is 45.7 Å². The lowest BCUT2D eigenvalue weighted by atomic mass is 9.96. The lowest BCUT2D eigenvalue weighted by molar-refractivity contribution is 0.514. The van der Waals surface area contributed by atoms with Crippen molar-refractivity contribution in [2.75, 3.05) is 17.3 Å². The minimum Gasteiger partial charge on any atom is -0.508 e. The van der Waals surface area contributed by atoms with Crippen molar-refractivity contribution < 1.29 is 9.50 Å². The molecule has 0 heterocycles. The average molecular weight is 471 g/mol. The zero-order valence-corrected chi connectivity index (χ0v) is 19.5. The van der Waals surface area contributed by atoms with Crippen molar-refractivity contribution in [3.63, 3.8) is 0 Å². The van der Waals surface area contributed by atoms with Gasteiger partial charge < -0.3 is 15.3 Å². The van der Waals surface area contributed by atoms with Crippen molar-refractivity contribution in [1.29, 1.82) is 0 Å². The van der Waals surface area contributed by atoms with Crippen molar-refractivity contribution in [3.05, 3.63) is 132 Å². The van der Waals surface area contributed by atoms with E-state index in [1.165, 1.54) is 6.07 Å². The summed E-state index contributed by atoms with van der Waals surface area (Å²) in [4.78, 5) is 2.07. The van der Waals surface area contributed by atoms with Gasteiger partial charge in [-0.2, -0.15) is 0 Å². The van der Waals surface area contributed by atoms with Crippen LogP contribution in [0.15, 0.2) is 104 Å². The van der Waals surface area contributed by atoms with Gasteiger partial charge >= 0.3 is 0 Å². The molecule has 0 amide bonds. The summed E-state index contributed by atoms with van der Waals surface area (Å²) < 4.78 is 14.1. The number of nitrogens with one attached hydrogen (secondary N) is 1. The number of rotatable bonds is 7. The fourth-order valence-corrected chi connectivity index (χ4v) is 3.75. The Balaban J connectivity index is 1.61. The summed E-state index contributed by atoms with van der Waals surface area (Å²) in [7, 11) is 1.99. The molecule has 0 bridgehead atoms. The van der Waals surface area contributed by atoms with Crippen LogP contribution in [0.1, 0.15) is 16.7 Å². The summed E-state index contributed by atoms with van der Waals surface area (Å²) >= 11 is 6.00. The molecule has 0 atom stereocenters. The van der Waals surface area contributed by atoms with E-state index in [1.54, 1.807) is 24.3 Å². The molecule has 34 heavy (non-hydrogen) atoms. The summed E-state index contributed by atoms with van der Waals surface area (Å²) in [6.45, 7) is 7.90. The van der Waals surface area contributed by atoms with Gasteiger partial charge in [0.05, 0.1) is 5.69 Å². The molecule has 3 nitrogen and oxygen atoms in total. The molecule has 0 fully saturated rings. The van der Waals surface area contributed by atoms with Crippen LogP contribution in [0.25, 0.3) is 11.3 Å². The largest absolute Gasteiger partial charge is 0.508 e. The Kier molecular flexibility index (Phi) is 6.71. The molecule has 4 aromatic rings. The van der Waals surface area contributed by atoms with E-state index in [2.05, 4.69) is 23.4 Å². The first-order valence-corrected chi connectivity index (χ1v) is 11.0. The van der Waals surface area contributed by atoms with E-state index in [9.17, 15) is 9.50 Å². The van der Waals surface area contributed by atoms with E-state index < -0.39 is 0 Å². The van der Waals surface area contributed by atoms with Crippen molar-refractivity contribution in [2.45, 2.75) is 0 Å². The maximum absolute atomic E-state index is 14.1. The normalized spacial score (nSPS) is 10.6. The number of halogens is 2. The predicted molar refractivity (Wildman–Crippen MR) is 142 cm³/mol. The molecule has 0 radical (unpaired) electrons. The average Bonchev–Trinajstić information content (AvgIpc) is 2.85. The standard InChI is InChI=1S/C29H24ClFN2O/c1-19(21-8-12-26(13-9-21)33(3)27-14-10-24(30)11-15-27)22-16-23(20(2)34)18-25(17-22)32-29-7-5-4-6-28(29)31/h4-18,32,34H,1-2H2,3H3. The third kappa shape index (κ3) is 5.13. The van der Waals surface area contributed by atoms with Gasteiger partial charge in [0, 0.05) is 34.7 Å². The SMILES string of the molecule is C=C(O)c1cc(Nc2ccccc2F)cc(C(=C)c2ccc(N(C)c3ccc(Cl)cc3)cc2)c1. The van der Waals surface area contributed by atoms with E-state index in [0.717, 1.165) is 28.1 Å². The maximum Gasteiger partial charge on any atom is 0.146 e. The summed E-state index contributed by atoms with van der Waals surface area (Å²) in [5.74, 6) is -0.442. The molecule has 0 unspecified atom stereocenters. The van der Waals surface area contributed by atoms with Gasteiger partial charge in [0.2, 0.25) is 0 Å². The fourth-order valence-electron chi connectivity index (χ4n) is 3.63. The number of hydrogen-bond donors (Lipinski definition) is 2. The van der Waals surface area contributed by atoms with Crippen LogP contribution in [0, 0.1) is 5.82 Å². The van der Waals surface area contributed by atoms with Gasteiger partial charge in [-0.3, -0.25) is 0 Å². The molecule has 0 aliphatic rings. The second kappa shape index (κ2) is 9.86. The Morgan fingerprint density at radius 3 is 2.03 bits per heavy atom. The lowest BCUT2D eigenvalue weighted by Gasteiger charge is -2.20. The van der Waals surface area contributed by atoms with E-state index in [0.29, 0.717) is 22.0 Å². The Labute approximate surface area is 204 Å². The molecule has 0 saturated carbocycles. The van der Waals surface area contributed by atoms with Crippen LogP contribution in [-0.2, 0) is 0 Å². The maximum atomic E-state index is 14.1. The minimum atomic E-state index is -0.364. The third-order valence-corrected chi connectivity index (χ3v) is 5.84. The van der Waals surface area contributed by atoms with E-state index in [4.69, 9.17) is 11.6 Å². The van der Waals surface area contributed by atoms with Gasteiger partial charge in [0.15, 0.2) is 0 Å². The fraction of sp³-hybridized carbons (Fsp3) is 0.0345. The molecular formula is C29H24ClFN2O. The molecule has 0 aromatic heterocycles. The first-order valence-electron chi connectivity index (χ1n) is 10.7. The second-order valence-electron chi connectivity index (χ2n) is 7.91. The molecule has 0 spiro atoms. The van der Waals surface area contributed by atoms with Crippen molar-refractivity contribution in [3.8, 4) is 0 Å². The summed E-state index contributed by atoms with van der Waals surface area (Å²) in [6, 6.07) is 27.5. The van der Waals surface area contributed by atoms with Crippen LogP contribution in [0.5, 0.6) is 0 Å². The Morgan fingerprint density at radius 2 is 1.41 bits per heavy atom. The highest BCUT2D eigenvalue weighted by atomic mass is 35.5. The van der Waals surface area contributed by atoms with Crippen LogP contribution in [0.3, 0.4) is 0 Å². The second-order valence-corrected chi connectivity index (χ2v) is 8.35. The monoisotopic (exact) mass is 470 g/mol. The molecule has 170 valence electrons. The van der Waals surface area contributed by atoms with Gasteiger partial charge in [-0.1, -0.05) is 49.0 Å². The Hall–Kier alpha value is -4.02. The number of nitrogens with zero attached hydrogens (tertiary/aromatic N) is 1. The van der Waals surface area contributed by atoms with Crippen molar-refractivity contribution in [2.24, 2.45) is 0 Å². The summed E-state index contributed by atoms with van der Waals surface area (Å²) in [5.41, 5.74) is 5.99. The minimum absolute atomic E-state index is 0.0776. The zero-order valence-electron chi connectivity index (χ0n) is 18.7. The number of anilines is 4. The Bertz CT molecular complexity index is 1350. The summed E-state index contributed by atoms with van der Waals surface area (Å²) in [6.07, 6.45) is 0. The van der Waals surface area contributed by atoms with Crippen LogP contribution < -0.4 is 10.2 Å². The Morgan fingerprint density at radius 1 is 0.824 bits per heavy atom. The van der Waals surface area contributed by atoms with Crippen molar-refractivity contribution in [1.82, 2.24) is 0 Å². The topological polar surface area (TPSA) is 35.5 Å². The highest BCUT2D eigenvalue weighted by molar-refractivity contribution is 6.30. The van der Waals surface area contributed by atoms with E-state index >= 15 is 0 Å². The van der Waals surface area contributed by atoms with Gasteiger partial charge in [-0.25, -0.2) is 4.39 Å². The zero-order chi connectivity index (χ0) is 24.2. The quantitative estimate of drug-likeness (QED) is 0.265. The lowest BCUT2D eigenvalue weighted by Crippen LogP contribution is -2.09. The van der Waals surface area contributed by atoms with Gasteiger partial charge in [0.1, 0.15) is 11.6 Å². The highest BCUT2D eigenvalue weighted by Gasteiger charge is 2.11. The number of benzene rings is 4. The predicted octanol–water partition coefficient (Wildman–Crippen LogP) is 8.58. The van der Waals surface area contributed by atoms with Crippen LogP contribution in [0.2, 0.25) is 5.02 Å². The number of para-hydroxylation sites is 1.